The summed E-state index contributed by atoms with van der Waals surface area (Å²) in [6, 6.07) is 0. The Labute approximate surface area is 75.3 Å². The minimum atomic E-state index is -0.699. The van der Waals surface area contributed by atoms with Crippen LogP contribution in [0.1, 0.15) is 24.0 Å². The molecule has 0 aliphatic heterocycles. The second kappa shape index (κ2) is 3.89. The third kappa shape index (κ3) is 1.97. The van der Waals surface area contributed by atoms with Crippen molar-refractivity contribution in [2.75, 3.05) is 6.54 Å². The maximum absolute atomic E-state index is 9.44. The van der Waals surface area contributed by atoms with Gasteiger partial charge in [0, 0.05) is 0 Å². The standard InChI is InChI=1S/C7H11ClN2O2/c1-4-6(5(11)2-3-9)12-7(8)10-4/h5,11H,2-3,9H2,1H3. The van der Waals surface area contributed by atoms with Gasteiger partial charge in [-0.05, 0) is 31.5 Å². The molecule has 0 radical (unpaired) electrons. The molecule has 0 amide bonds. The lowest BCUT2D eigenvalue weighted by Crippen LogP contribution is -2.06. The minimum Gasteiger partial charge on any atom is -0.430 e. The lowest BCUT2D eigenvalue weighted by Gasteiger charge is -2.04. The lowest BCUT2D eigenvalue weighted by molar-refractivity contribution is 0.142. The number of nitrogens with two attached hydrogens (primary N) is 1. The first-order valence-corrected chi connectivity index (χ1v) is 4.04. The molecule has 0 aliphatic carbocycles. The molecule has 0 bridgehead atoms. The normalized spacial score (nSPS) is 13.3. The third-order valence-corrected chi connectivity index (χ3v) is 1.71. The Kier molecular flexibility index (Phi) is 3.08. The van der Waals surface area contributed by atoms with Crippen molar-refractivity contribution in [2.45, 2.75) is 19.4 Å². The molecule has 0 spiro atoms. The largest absolute Gasteiger partial charge is 0.430 e. The number of aliphatic hydroxyl groups excluding tert-OH is 1. The summed E-state index contributed by atoms with van der Waals surface area (Å²) in [7, 11) is 0. The summed E-state index contributed by atoms with van der Waals surface area (Å²) in [6.45, 7) is 2.13. The summed E-state index contributed by atoms with van der Waals surface area (Å²) in [4.78, 5) is 3.81. The molecular formula is C7H11ClN2O2. The van der Waals surface area contributed by atoms with Gasteiger partial charge in [-0.3, -0.25) is 0 Å². The molecule has 0 aromatic carbocycles. The fourth-order valence-electron chi connectivity index (χ4n) is 0.972. The molecule has 1 atom stereocenters. The van der Waals surface area contributed by atoms with Crippen molar-refractivity contribution >= 4 is 11.6 Å². The Morgan fingerprint density at radius 1 is 1.75 bits per heavy atom. The van der Waals surface area contributed by atoms with Crippen molar-refractivity contribution in [3.8, 4) is 0 Å². The number of oxazole rings is 1. The Morgan fingerprint density at radius 3 is 2.83 bits per heavy atom. The van der Waals surface area contributed by atoms with Crippen molar-refractivity contribution in [1.29, 1.82) is 0 Å². The molecule has 0 saturated carbocycles. The third-order valence-electron chi connectivity index (χ3n) is 1.55. The maximum atomic E-state index is 9.44. The van der Waals surface area contributed by atoms with Crippen LogP contribution in [0.2, 0.25) is 5.35 Å². The fourth-order valence-corrected chi connectivity index (χ4v) is 1.18. The van der Waals surface area contributed by atoms with Crippen molar-refractivity contribution in [3.63, 3.8) is 0 Å². The molecule has 3 N–H and O–H groups in total. The van der Waals surface area contributed by atoms with E-state index >= 15 is 0 Å². The summed E-state index contributed by atoms with van der Waals surface area (Å²) < 4.78 is 4.98. The topological polar surface area (TPSA) is 72.3 Å². The predicted octanol–water partition coefficient (Wildman–Crippen LogP) is 1.02. The van der Waals surface area contributed by atoms with Gasteiger partial charge in [0.2, 0.25) is 0 Å². The van der Waals surface area contributed by atoms with Gasteiger partial charge in [0.25, 0.3) is 5.35 Å². The van der Waals surface area contributed by atoms with E-state index in [9.17, 15) is 5.11 Å². The number of halogens is 1. The van der Waals surface area contributed by atoms with Crippen molar-refractivity contribution in [2.24, 2.45) is 5.73 Å². The fraction of sp³-hybridized carbons (Fsp3) is 0.571. The number of aliphatic hydroxyl groups is 1. The van der Waals surface area contributed by atoms with Crippen LogP contribution in [0.4, 0.5) is 0 Å². The highest BCUT2D eigenvalue weighted by atomic mass is 35.5. The molecular weight excluding hydrogens is 180 g/mol. The average Bonchev–Trinajstić information content (AvgIpc) is 2.30. The number of rotatable bonds is 3. The Bertz CT molecular complexity index is 262. The zero-order chi connectivity index (χ0) is 9.14. The van der Waals surface area contributed by atoms with E-state index in [0.29, 0.717) is 24.4 Å². The lowest BCUT2D eigenvalue weighted by atomic mass is 10.2. The van der Waals surface area contributed by atoms with Gasteiger partial charge >= 0.3 is 0 Å². The Balaban J connectivity index is 2.79. The quantitative estimate of drug-likeness (QED) is 0.747. The van der Waals surface area contributed by atoms with Crippen LogP contribution in [0.3, 0.4) is 0 Å². The van der Waals surface area contributed by atoms with Crippen LogP contribution in [0, 0.1) is 6.92 Å². The molecule has 0 aliphatic rings. The van der Waals surface area contributed by atoms with E-state index in [0.717, 1.165) is 0 Å². The molecule has 1 aromatic heterocycles. The molecule has 4 nitrogen and oxygen atoms in total. The second-order valence-corrected chi connectivity index (χ2v) is 2.83. The first kappa shape index (κ1) is 9.51. The highest BCUT2D eigenvalue weighted by Crippen LogP contribution is 2.23. The Morgan fingerprint density at radius 2 is 2.42 bits per heavy atom. The van der Waals surface area contributed by atoms with E-state index in [4.69, 9.17) is 21.8 Å². The molecule has 68 valence electrons. The van der Waals surface area contributed by atoms with Crippen LogP contribution >= 0.6 is 11.6 Å². The van der Waals surface area contributed by atoms with E-state index in [1.165, 1.54) is 0 Å². The van der Waals surface area contributed by atoms with Crippen LogP contribution in [-0.4, -0.2) is 16.6 Å². The predicted molar refractivity (Wildman–Crippen MR) is 44.9 cm³/mol. The summed E-state index contributed by atoms with van der Waals surface area (Å²) >= 11 is 5.49. The van der Waals surface area contributed by atoms with E-state index < -0.39 is 6.10 Å². The molecule has 12 heavy (non-hydrogen) atoms. The molecule has 1 rings (SSSR count). The molecule has 1 aromatic rings. The summed E-state index contributed by atoms with van der Waals surface area (Å²) in [5.74, 6) is 0.408. The number of aromatic nitrogens is 1. The smallest absolute Gasteiger partial charge is 0.292 e. The van der Waals surface area contributed by atoms with Crippen molar-refractivity contribution in [1.82, 2.24) is 4.98 Å². The van der Waals surface area contributed by atoms with Gasteiger partial charge in [-0.25, -0.2) is 4.98 Å². The van der Waals surface area contributed by atoms with Gasteiger partial charge in [0.05, 0.1) is 5.69 Å². The molecule has 1 heterocycles. The molecule has 5 heteroatoms. The van der Waals surface area contributed by atoms with Crippen molar-refractivity contribution in [3.05, 3.63) is 16.8 Å². The van der Waals surface area contributed by atoms with Crippen LogP contribution < -0.4 is 5.73 Å². The van der Waals surface area contributed by atoms with Crippen LogP contribution in [0.5, 0.6) is 0 Å². The Hall–Kier alpha value is -0.580. The van der Waals surface area contributed by atoms with Gasteiger partial charge in [-0.2, -0.15) is 0 Å². The maximum Gasteiger partial charge on any atom is 0.292 e. The average molecular weight is 191 g/mol. The summed E-state index contributed by atoms with van der Waals surface area (Å²) in [5, 5.41) is 9.50. The van der Waals surface area contributed by atoms with Crippen LogP contribution in [0.15, 0.2) is 4.42 Å². The first-order valence-electron chi connectivity index (χ1n) is 3.66. The summed E-state index contributed by atoms with van der Waals surface area (Å²) in [6.07, 6.45) is -0.248. The van der Waals surface area contributed by atoms with Gasteiger partial charge in [0.15, 0.2) is 5.76 Å². The number of hydrogen-bond acceptors (Lipinski definition) is 4. The first-order chi connectivity index (χ1) is 5.65. The zero-order valence-corrected chi connectivity index (χ0v) is 7.51. The molecule has 0 fully saturated rings. The number of aryl methyl sites for hydroxylation is 1. The SMILES string of the molecule is Cc1nc(Cl)oc1C(O)CCN. The van der Waals surface area contributed by atoms with E-state index in [1.54, 1.807) is 6.92 Å². The summed E-state index contributed by atoms with van der Waals surface area (Å²) in [5.41, 5.74) is 5.88. The number of hydrogen-bond donors (Lipinski definition) is 2. The van der Waals surface area contributed by atoms with Gasteiger partial charge in [0.1, 0.15) is 6.10 Å². The number of nitrogens with zero attached hydrogens (tertiary/aromatic N) is 1. The highest BCUT2D eigenvalue weighted by Gasteiger charge is 2.16. The highest BCUT2D eigenvalue weighted by molar-refractivity contribution is 6.27. The van der Waals surface area contributed by atoms with Gasteiger partial charge in [-0.1, -0.05) is 0 Å². The van der Waals surface area contributed by atoms with Crippen LogP contribution in [0.25, 0.3) is 0 Å². The zero-order valence-electron chi connectivity index (χ0n) is 6.75. The van der Waals surface area contributed by atoms with Crippen molar-refractivity contribution < 1.29 is 9.52 Å². The van der Waals surface area contributed by atoms with E-state index in [-0.39, 0.29) is 5.35 Å². The van der Waals surface area contributed by atoms with E-state index in [2.05, 4.69) is 4.98 Å². The van der Waals surface area contributed by atoms with Gasteiger partial charge in [-0.15, -0.1) is 0 Å². The van der Waals surface area contributed by atoms with Crippen LogP contribution in [-0.2, 0) is 0 Å². The molecule has 0 saturated heterocycles. The molecule has 1 unspecified atom stereocenters. The monoisotopic (exact) mass is 190 g/mol. The minimum absolute atomic E-state index is 0.0542. The second-order valence-electron chi connectivity index (χ2n) is 2.51. The van der Waals surface area contributed by atoms with E-state index in [1.807, 2.05) is 0 Å². The van der Waals surface area contributed by atoms with Gasteiger partial charge < -0.3 is 15.3 Å².